The average molecular weight is 325 g/mol. The number of aromatic nitrogens is 1. The molecule has 0 bridgehead atoms. The predicted octanol–water partition coefficient (Wildman–Crippen LogP) is 4.10. The van der Waals surface area contributed by atoms with E-state index in [1.54, 1.807) is 37.4 Å². The number of halogens is 2. The summed E-state index contributed by atoms with van der Waals surface area (Å²) >= 11 is 11.8. The summed E-state index contributed by atoms with van der Waals surface area (Å²) in [4.78, 5) is 16.1. The number of carbonyl (C=O) groups is 1. The number of amides is 1. The van der Waals surface area contributed by atoms with E-state index in [9.17, 15) is 4.79 Å². The number of nitrogens with zero attached hydrogens (tertiary/aromatic N) is 1. The monoisotopic (exact) mass is 324 g/mol. The molecule has 1 aromatic carbocycles. The van der Waals surface area contributed by atoms with E-state index >= 15 is 0 Å². The summed E-state index contributed by atoms with van der Waals surface area (Å²) in [5, 5.41) is 3.55. The SMILES string of the molecule is Cc1ccnc(NC(=O)[C@@H](C)Oc2ccc(Cl)cc2Cl)c1. The van der Waals surface area contributed by atoms with Gasteiger partial charge in [0.1, 0.15) is 11.6 Å². The van der Waals surface area contributed by atoms with Gasteiger partial charge in [-0.15, -0.1) is 0 Å². The number of benzene rings is 1. The fourth-order valence-corrected chi connectivity index (χ4v) is 2.10. The van der Waals surface area contributed by atoms with E-state index in [1.165, 1.54) is 0 Å². The van der Waals surface area contributed by atoms with Gasteiger partial charge in [-0.2, -0.15) is 0 Å². The molecule has 1 amide bonds. The molecular weight excluding hydrogens is 311 g/mol. The van der Waals surface area contributed by atoms with Crippen LogP contribution in [0.1, 0.15) is 12.5 Å². The molecule has 0 spiro atoms. The summed E-state index contributed by atoms with van der Waals surface area (Å²) in [5.74, 6) is 0.581. The number of pyridine rings is 1. The van der Waals surface area contributed by atoms with Crippen LogP contribution >= 0.6 is 23.2 Å². The van der Waals surface area contributed by atoms with Crippen molar-refractivity contribution in [1.82, 2.24) is 4.98 Å². The van der Waals surface area contributed by atoms with E-state index in [4.69, 9.17) is 27.9 Å². The van der Waals surface area contributed by atoms with Crippen molar-refractivity contribution in [3.63, 3.8) is 0 Å². The molecule has 0 unspecified atom stereocenters. The van der Waals surface area contributed by atoms with Crippen LogP contribution in [0.5, 0.6) is 5.75 Å². The van der Waals surface area contributed by atoms with E-state index in [0.717, 1.165) is 5.56 Å². The number of rotatable bonds is 4. The molecule has 0 aliphatic heterocycles. The van der Waals surface area contributed by atoms with Crippen molar-refractivity contribution in [1.29, 1.82) is 0 Å². The van der Waals surface area contributed by atoms with E-state index in [1.807, 2.05) is 13.0 Å². The number of anilines is 1. The van der Waals surface area contributed by atoms with Gasteiger partial charge in [0.15, 0.2) is 6.10 Å². The van der Waals surface area contributed by atoms with Crippen LogP contribution in [-0.2, 0) is 4.79 Å². The van der Waals surface area contributed by atoms with Crippen molar-refractivity contribution >= 4 is 34.9 Å². The van der Waals surface area contributed by atoms with Crippen LogP contribution in [-0.4, -0.2) is 17.0 Å². The maximum absolute atomic E-state index is 12.1. The van der Waals surface area contributed by atoms with Gasteiger partial charge in [-0.25, -0.2) is 4.98 Å². The molecule has 1 heterocycles. The Balaban J connectivity index is 2.02. The highest BCUT2D eigenvalue weighted by atomic mass is 35.5. The molecule has 2 aromatic rings. The lowest BCUT2D eigenvalue weighted by Crippen LogP contribution is -2.30. The molecule has 0 saturated heterocycles. The summed E-state index contributed by atoms with van der Waals surface area (Å²) in [7, 11) is 0. The number of carbonyl (C=O) groups excluding carboxylic acids is 1. The van der Waals surface area contributed by atoms with E-state index < -0.39 is 6.10 Å². The van der Waals surface area contributed by atoms with Gasteiger partial charge in [0.25, 0.3) is 5.91 Å². The minimum Gasteiger partial charge on any atom is -0.479 e. The zero-order chi connectivity index (χ0) is 15.4. The van der Waals surface area contributed by atoms with Gasteiger partial charge in [0, 0.05) is 11.2 Å². The molecular formula is C15H14Cl2N2O2. The minimum absolute atomic E-state index is 0.306. The highest BCUT2D eigenvalue weighted by Crippen LogP contribution is 2.28. The van der Waals surface area contributed by atoms with Gasteiger partial charge < -0.3 is 10.1 Å². The van der Waals surface area contributed by atoms with Gasteiger partial charge in [0.05, 0.1) is 5.02 Å². The Hall–Kier alpha value is -1.78. The lowest BCUT2D eigenvalue weighted by Gasteiger charge is -2.15. The van der Waals surface area contributed by atoms with Gasteiger partial charge in [-0.3, -0.25) is 4.79 Å². The Morgan fingerprint density at radius 3 is 2.71 bits per heavy atom. The lowest BCUT2D eigenvalue weighted by molar-refractivity contribution is -0.122. The van der Waals surface area contributed by atoms with Gasteiger partial charge in [-0.1, -0.05) is 23.2 Å². The van der Waals surface area contributed by atoms with Crippen molar-refractivity contribution in [3.05, 3.63) is 52.1 Å². The first-order chi connectivity index (χ1) is 9.95. The molecule has 0 fully saturated rings. The number of ether oxygens (including phenoxy) is 1. The molecule has 1 atom stereocenters. The van der Waals surface area contributed by atoms with Crippen molar-refractivity contribution in [2.75, 3.05) is 5.32 Å². The molecule has 0 radical (unpaired) electrons. The Kier molecular flexibility index (Phi) is 5.04. The second-order valence-electron chi connectivity index (χ2n) is 4.54. The third kappa shape index (κ3) is 4.34. The number of hydrogen-bond acceptors (Lipinski definition) is 3. The molecule has 0 aliphatic rings. The molecule has 110 valence electrons. The summed E-state index contributed by atoms with van der Waals surface area (Å²) in [6.45, 7) is 3.56. The number of hydrogen-bond donors (Lipinski definition) is 1. The maximum Gasteiger partial charge on any atom is 0.266 e. The van der Waals surface area contributed by atoms with E-state index in [0.29, 0.717) is 21.6 Å². The molecule has 0 aliphatic carbocycles. The smallest absolute Gasteiger partial charge is 0.266 e. The van der Waals surface area contributed by atoms with Crippen LogP contribution in [0, 0.1) is 6.92 Å². The fraction of sp³-hybridized carbons (Fsp3) is 0.200. The zero-order valence-electron chi connectivity index (χ0n) is 11.6. The number of aryl methyl sites for hydroxylation is 1. The van der Waals surface area contributed by atoms with Crippen LogP contribution in [0.25, 0.3) is 0 Å². The van der Waals surface area contributed by atoms with Gasteiger partial charge in [-0.05, 0) is 49.7 Å². The molecule has 4 nitrogen and oxygen atoms in total. The number of nitrogens with one attached hydrogen (secondary N) is 1. The van der Waals surface area contributed by atoms with Crippen LogP contribution in [0.4, 0.5) is 5.82 Å². The Morgan fingerprint density at radius 1 is 1.29 bits per heavy atom. The second kappa shape index (κ2) is 6.78. The summed E-state index contributed by atoms with van der Waals surface area (Å²) in [6.07, 6.45) is 0.915. The second-order valence-corrected chi connectivity index (χ2v) is 5.39. The molecule has 0 saturated carbocycles. The van der Waals surface area contributed by atoms with Crippen LogP contribution < -0.4 is 10.1 Å². The largest absolute Gasteiger partial charge is 0.479 e. The highest BCUT2D eigenvalue weighted by Gasteiger charge is 2.16. The molecule has 2 rings (SSSR count). The third-order valence-corrected chi connectivity index (χ3v) is 3.26. The molecule has 21 heavy (non-hydrogen) atoms. The highest BCUT2D eigenvalue weighted by molar-refractivity contribution is 6.35. The van der Waals surface area contributed by atoms with Crippen molar-refractivity contribution in [3.8, 4) is 5.75 Å². The van der Waals surface area contributed by atoms with Crippen molar-refractivity contribution in [2.24, 2.45) is 0 Å². The standard InChI is InChI=1S/C15H14Cl2N2O2/c1-9-5-6-18-14(7-9)19-15(20)10(2)21-13-4-3-11(16)8-12(13)17/h3-8,10H,1-2H3,(H,18,19,20)/t10-/m1/s1. The third-order valence-electron chi connectivity index (χ3n) is 2.73. The van der Waals surface area contributed by atoms with Gasteiger partial charge in [0.2, 0.25) is 0 Å². The predicted molar refractivity (Wildman–Crippen MR) is 84.2 cm³/mol. The van der Waals surface area contributed by atoms with Crippen molar-refractivity contribution in [2.45, 2.75) is 20.0 Å². The normalized spacial score (nSPS) is 11.8. The first kappa shape index (κ1) is 15.6. The maximum atomic E-state index is 12.1. The first-order valence-electron chi connectivity index (χ1n) is 6.31. The fourth-order valence-electron chi connectivity index (χ4n) is 1.65. The first-order valence-corrected chi connectivity index (χ1v) is 7.06. The summed E-state index contributed by atoms with van der Waals surface area (Å²) in [6, 6.07) is 8.46. The van der Waals surface area contributed by atoms with E-state index in [2.05, 4.69) is 10.3 Å². The minimum atomic E-state index is -0.717. The average Bonchev–Trinajstić information content (AvgIpc) is 2.41. The quantitative estimate of drug-likeness (QED) is 0.921. The van der Waals surface area contributed by atoms with Gasteiger partial charge >= 0.3 is 0 Å². The zero-order valence-corrected chi connectivity index (χ0v) is 13.1. The summed E-state index contributed by atoms with van der Waals surface area (Å²) in [5.41, 5.74) is 1.01. The molecule has 6 heteroatoms. The Morgan fingerprint density at radius 2 is 2.05 bits per heavy atom. The topological polar surface area (TPSA) is 51.2 Å². The Bertz CT molecular complexity index is 662. The Labute approximate surface area is 133 Å². The van der Waals surface area contributed by atoms with Crippen LogP contribution in [0.3, 0.4) is 0 Å². The van der Waals surface area contributed by atoms with Crippen LogP contribution in [0.15, 0.2) is 36.5 Å². The van der Waals surface area contributed by atoms with Crippen LogP contribution in [0.2, 0.25) is 10.0 Å². The summed E-state index contributed by atoms with van der Waals surface area (Å²) < 4.78 is 5.53. The lowest BCUT2D eigenvalue weighted by atomic mass is 10.3. The molecule has 1 aromatic heterocycles. The van der Waals surface area contributed by atoms with Crippen molar-refractivity contribution < 1.29 is 9.53 Å². The van der Waals surface area contributed by atoms with E-state index in [-0.39, 0.29) is 5.91 Å². The molecule has 1 N–H and O–H groups in total.